The molecule has 1 aliphatic carbocycles. The number of hydrogen-bond acceptors (Lipinski definition) is 0. The van der Waals surface area contributed by atoms with Crippen molar-refractivity contribution in [3.05, 3.63) is 41.2 Å². The molecule has 2 rings (SSSR count). The Morgan fingerprint density at radius 1 is 1.25 bits per heavy atom. The fourth-order valence-electron chi connectivity index (χ4n) is 1.36. The molecule has 0 amide bonds. The van der Waals surface area contributed by atoms with Crippen LogP contribution in [-0.4, -0.2) is 0 Å². The summed E-state index contributed by atoms with van der Waals surface area (Å²) in [6, 6.07) is 6.74. The fraction of sp³-hybridized carbons (Fsp3) is 0.273. The van der Waals surface area contributed by atoms with E-state index in [0.29, 0.717) is 0 Å². The molecule has 0 bridgehead atoms. The predicted octanol–water partition coefficient (Wildman–Crippen LogP) is 3.39. The summed E-state index contributed by atoms with van der Waals surface area (Å²) in [5.74, 6) is -0.149. The molecule has 0 atom stereocenters. The van der Waals surface area contributed by atoms with Crippen molar-refractivity contribution in [3.8, 4) is 0 Å². The third kappa shape index (κ3) is 1.55. The van der Waals surface area contributed by atoms with Crippen molar-refractivity contribution in [1.82, 2.24) is 0 Å². The van der Waals surface area contributed by atoms with Crippen LogP contribution in [0.15, 0.2) is 29.8 Å². The summed E-state index contributed by atoms with van der Waals surface area (Å²) < 4.78 is 12.7. The molecule has 0 aliphatic heterocycles. The molecule has 1 aromatic rings. The van der Waals surface area contributed by atoms with Crippen LogP contribution >= 0.6 is 0 Å². The van der Waals surface area contributed by atoms with Crippen molar-refractivity contribution in [2.75, 3.05) is 0 Å². The van der Waals surface area contributed by atoms with E-state index in [1.807, 2.05) is 6.07 Å². The van der Waals surface area contributed by atoms with Crippen molar-refractivity contribution < 1.29 is 4.39 Å². The van der Waals surface area contributed by atoms with Gasteiger partial charge in [-0.25, -0.2) is 4.39 Å². The molecule has 12 heavy (non-hydrogen) atoms. The second-order valence-electron chi connectivity index (χ2n) is 3.21. The summed E-state index contributed by atoms with van der Waals surface area (Å²) in [5, 5.41) is 0. The summed E-state index contributed by atoms with van der Waals surface area (Å²) in [5.41, 5.74) is 2.44. The van der Waals surface area contributed by atoms with Crippen molar-refractivity contribution in [3.63, 3.8) is 0 Å². The lowest BCUT2D eigenvalue weighted by Gasteiger charge is -2.15. The van der Waals surface area contributed by atoms with Crippen molar-refractivity contribution in [2.24, 2.45) is 0 Å². The molecule has 0 nitrogen and oxygen atoms in total. The van der Waals surface area contributed by atoms with E-state index in [1.54, 1.807) is 12.1 Å². The Balaban J connectivity index is 2.22. The number of benzene rings is 1. The Morgan fingerprint density at radius 2 is 2.08 bits per heavy atom. The van der Waals surface area contributed by atoms with Gasteiger partial charge >= 0.3 is 0 Å². The quantitative estimate of drug-likeness (QED) is 0.593. The SMILES string of the molecule is Fc1cccc(C=C2CCC2)c1. The average Bonchev–Trinajstić information content (AvgIpc) is 1.97. The minimum atomic E-state index is -0.149. The zero-order valence-electron chi connectivity index (χ0n) is 6.89. The molecule has 1 fully saturated rings. The second kappa shape index (κ2) is 3.10. The number of rotatable bonds is 1. The first-order valence-electron chi connectivity index (χ1n) is 4.29. The Labute approximate surface area is 71.7 Å². The van der Waals surface area contributed by atoms with E-state index in [-0.39, 0.29) is 5.82 Å². The lowest BCUT2D eigenvalue weighted by atomic mass is 9.91. The Morgan fingerprint density at radius 3 is 2.67 bits per heavy atom. The summed E-state index contributed by atoms with van der Waals surface area (Å²) in [7, 11) is 0. The van der Waals surface area contributed by atoms with Gasteiger partial charge < -0.3 is 0 Å². The van der Waals surface area contributed by atoms with Gasteiger partial charge in [0.2, 0.25) is 0 Å². The van der Waals surface area contributed by atoms with E-state index in [9.17, 15) is 4.39 Å². The summed E-state index contributed by atoms with van der Waals surface area (Å²) in [4.78, 5) is 0. The molecule has 62 valence electrons. The third-order valence-corrected chi connectivity index (χ3v) is 2.22. The summed E-state index contributed by atoms with van der Waals surface area (Å²) >= 11 is 0. The summed E-state index contributed by atoms with van der Waals surface area (Å²) in [6.07, 6.45) is 5.76. The third-order valence-electron chi connectivity index (χ3n) is 2.22. The van der Waals surface area contributed by atoms with Gasteiger partial charge in [-0.1, -0.05) is 23.8 Å². The van der Waals surface area contributed by atoms with E-state index in [4.69, 9.17) is 0 Å². The van der Waals surface area contributed by atoms with Crippen molar-refractivity contribution in [1.29, 1.82) is 0 Å². The zero-order valence-corrected chi connectivity index (χ0v) is 6.89. The maximum Gasteiger partial charge on any atom is 0.123 e. The fourth-order valence-corrected chi connectivity index (χ4v) is 1.36. The van der Waals surface area contributed by atoms with Crippen LogP contribution in [0.2, 0.25) is 0 Å². The van der Waals surface area contributed by atoms with Crippen LogP contribution in [0, 0.1) is 5.82 Å². The number of halogens is 1. The molecule has 0 saturated heterocycles. The molecule has 0 spiro atoms. The van der Waals surface area contributed by atoms with E-state index in [1.165, 1.54) is 30.9 Å². The van der Waals surface area contributed by atoms with Crippen LogP contribution in [0.4, 0.5) is 4.39 Å². The highest BCUT2D eigenvalue weighted by atomic mass is 19.1. The highest BCUT2D eigenvalue weighted by Gasteiger charge is 2.07. The molecule has 0 aromatic heterocycles. The van der Waals surface area contributed by atoms with Gasteiger partial charge in [-0.2, -0.15) is 0 Å². The Kier molecular flexibility index (Phi) is 1.94. The van der Waals surface area contributed by atoms with E-state index in [0.717, 1.165) is 5.56 Å². The number of allylic oxidation sites excluding steroid dienone is 1. The maximum absolute atomic E-state index is 12.7. The molecule has 0 unspecified atom stereocenters. The van der Waals surface area contributed by atoms with E-state index in [2.05, 4.69) is 6.08 Å². The average molecular weight is 162 g/mol. The first-order valence-corrected chi connectivity index (χ1v) is 4.29. The van der Waals surface area contributed by atoms with Crippen LogP contribution < -0.4 is 0 Å². The van der Waals surface area contributed by atoms with Gasteiger partial charge in [0.1, 0.15) is 5.82 Å². The van der Waals surface area contributed by atoms with Crippen LogP contribution in [-0.2, 0) is 0 Å². The largest absolute Gasteiger partial charge is 0.207 e. The Hall–Kier alpha value is -1.11. The predicted molar refractivity (Wildman–Crippen MR) is 48.2 cm³/mol. The highest BCUT2D eigenvalue weighted by Crippen LogP contribution is 2.27. The number of hydrogen-bond donors (Lipinski definition) is 0. The van der Waals surface area contributed by atoms with E-state index >= 15 is 0 Å². The standard InChI is InChI=1S/C11H11F/c12-11-6-2-5-10(8-11)7-9-3-1-4-9/h2,5-8H,1,3-4H2. The first kappa shape index (κ1) is 7.53. The van der Waals surface area contributed by atoms with Gasteiger partial charge in [0, 0.05) is 0 Å². The normalized spacial score (nSPS) is 15.6. The van der Waals surface area contributed by atoms with Gasteiger partial charge in [-0.3, -0.25) is 0 Å². The molecular formula is C11H11F. The topological polar surface area (TPSA) is 0 Å². The Bertz CT molecular complexity index is 307. The smallest absolute Gasteiger partial charge is 0.123 e. The first-order chi connectivity index (χ1) is 5.84. The van der Waals surface area contributed by atoms with Crippen LogP contribution in [0.5, 0.6) is 0 Å². The minimum Gasteiger partial charge on any atom is -0.207 e. The van der Waals surface area contributed by atoms with Crippen LogP contribution in [0.1, 0.15) is 24.8 Å². The van der Waals surface area contributed by atoms with Gasteiger partial charge in [0.15, 0.2) is 0 Å². The van der Waals surface area contributed by atoms with Gasteiger partial charge in [-0.15, -0.1) is 0 Å². The maximum atomic E-state index is 12.7. The van der Waals surface area contributed by atoms with E-state index < -0.39 is 0 Å². The molecule has 0 N–H and O–H groups in total. The van der Waals surface area contributed by atoms with Crippen LogP contribution in [0.3, 0.4) is 0 Å². The lowest BCUT2D eigenvalue weighted by molar-refractivity contribution is 0.627. The molecule has 0 radical (unpaired) electrons. The lowest BCUT2D eigenvalue weighted by Crippen LogP contribution is -1.95. The van der Waals surface area contributed by atoms with Gasteiger partial charge in [0.25, 0.3) is 0 Å². The summed E-state index contributed by atoms with van der Waals surface area (Å²) in [6.45, 7) is 0. The zero-order chi connectivity index (χ0) is 8.39. The minimum absolute atomic E-state index is 0.149. The van der Waals surface area contributed by atoms with Crippen molar-refractivity contribution in [2.45, 2.75) is 19.3 Å². The van der Waals surface area contributed by atoms with Gasteiger partial charge in [-0.05, 0) is 37.0 Å². The molecule has 1 aromatic carbocycles. The molecule has 1 heteroatoms. The van der Waals surface area contributed by atoms with Crippen LogP contribution in [0.25, 0.3) is 6.08 Å². The highest BCUT2D eigenvalue weighted by molar-refractivity contribution is 5.53. The van der Waals surface area contributed by atoms with Gasteiger partial charge in [0.05, 0.1) is 0 Å². The molecule has 1 saturated carbocycles. The monoisotopic (exact) mass is 162 g/mol. The van der Waals surface area contributed by atoms with Crippen molar-refractivity contribution >= 4 is 6.08 Å². The molecule has 1 aliphatic rings. The molecular weight excluding hydrogens is 151 g/mol. The molecule has 0 heterocycles. The second-order valence-corrected chi connectivity index (χ2v) is 3.21.